The second-order valence-electron chi connectivity index (χ2n) is 3.54. The predicted octanol–water partition coefficient (Wildman–Crippen LogP) is 0.385. The highest BCUT2D eigenvalue weighted by Crippen LogP contribution is 2.16. The van der Waals surface area contributed by atoms with Crippen molar-refractivity contribution in [2.45, 2.75) is 0 Å². The molecule has 0 unspecified atom stereocenters. The topological polar surface area (TPSA) is 46.4 Å². The zero-order chi connectivity index (χ0) is 11.4. The summed E-state index contributed by atoms with van der Waals surface area (Å²) in [5.74, 6) is 0. The van der Waals surface area contributed by atoms with E-state index in [0.29, 0.717) is 5.56 Å². The number of benzene rings is 1. The Morgan fingerprint density at radius 1 is 1.47 bits per heavy atom. The van der Waals surface area contributed by atoms with E-state index < -0.39 is 0 Å². The van der Waals surface area contributed by atoms with Gasteiger partial charge in [0.15, 0.2) is 0 Å². The van der Waals surface area contributed by atoms with Crippen molar-refractivity contribution in [3.05, 3.63) is 40.1 Å². The van der Waals surface area contributed by atoms with Crippen molar-refractivity contribution < 1.29 is 4.92 Å². The van der Waals surface area contributed by atoms with Crippen LogP contribution in [0.3, 0.4) is 0 Å². The Labute approximate surface area is 89.8 Å². The molecule has 1 aromatic rings. The lowest BCUT2D eigenvalue weighted by Crippen LogP contribution is -2.10. The molecule has 0 spiro atoms. The van der Waals surface area contributed by atoms with Crippen LogP contribution in [-0.4, -0.2) is 31.8 Å². The third-order valence-corrected chi connectivity index (χ3v) is 2.04. The first kappa shape index (κ1) is 11.3. The normalized spacial score (nSPS) is 10.5. The van der Waals surface area contributed by atoms with Crippen molar-refractivity contribution in [2.75, 3.05) is 14.1 Å². The Bertz CT molecular complexity index is 402. The minimum Gasteiger partial charge on any atom is -0.383 e. The summed E-state index contributed by atoms with van der Waals surface area (Å²) in [6.45, 7) is 0. The highest BCUT2D eigenvalue weighted by Gasteiger charge is 2.12. The van der Waals surface area contributed by atoms with E-state index in [1.807, 2.05) is 32.9 Å². The van der Waals surface area contributed by atoms with Gasteiger partial charge in [0.25, 0.3) is 5.69 Å². The van der Waals surface area contributed by atoms with Crippen molar-refractivity contribution >= 4 is 25.1 Å². The molecule has 0 aliphatic carbocycles. The zero-order valence-electron chi connectivity index (χ0n) is 9.10. The number of nitro groups is 1. The van der Waals surface area contributed by atoms with Gasteiger partial charge in [-0.2, -0.15) is 0 Å². The molecule has 0 aliphatic rings. The van der Waals surface area contributed by atoms with Crippen LogP contribution >= 0.6 is 0 Å². The lowest BCUT2D eigenvalue weighted by molar-refractivity contribution is -0.385. The Morgan fingerprint density at radius 2 is 2.13 bits per heavy atom. The summed E-state index contributed by atoms with van der Waals surface area (Å²) in [5, 5.41) is 10.8. The van der Waals surface area contributed by atoms with Gasteiger partial charge in [-0.05, 0) is 12.3 Å². The van der Waals surface area contributed by atoms with E-state index in [1.165, 1.54) is 6.07 Å². The fraction of sp³-hybridized carbons (Fsp3) is 0.200. The molecule has 0 saturated heterocycles. The molecule has 0 aliphatic heterocycles. The van der Waals surface area contributed by atoms with Gasteiger partial charge in [0.1, 0.15) is 7.85 Å². The van der Waals surface area contributed by atoms with Crippen LogP contribution in [0.1, 0.15) is 5.56 Å². The van der Waals surface area contributed by atoms with E-state index in [0.717, 1.165) is 5.46 Å². The molecular formula is C10H13BN2O2. The van der Waals surface area contributed by atoms with Crippen molar-refractivity contribution in [3.63, 3.8) is 0 Å². The quantitative estimate of drug-likeness (QED) is 0.406. The van der Waals surface area contributed by atoms with E-state index in [9.17, 15) is 10.1 Å². The van der Waals surface area contributed by atoms with Crippen molar-refractivity contribution in [3.8, 4) is 0 Å². The smallest absolute Gasteiger partial charge is 0.276 e. The van der Waals surface area contributed by atoms with Crippen LogP contribution < -0.4 is 5.46 Å². The van der Waals surface area contributed by atoms with Crippen LogP contribution in [0.2, 0.25) is 0 Å². The lowest BCUT2D eigenvalue weighted by Gasteiger charge is -2.05. The summed E-state index contributed by atoms with van der Waals surface area (Å²) in [5.41, 5.74) is 1.71. The van der Waals surface area contributed by atoms with Gasteiger partial charge in [0.05, 0.1) is 4.92 Å². The first-order valence-corrected chi connectivity index (χ1v) is 4.61. The fourth-order valence-electron chi connectivity index (χ4n) is 1.26. The number of nitrogens with zero attached hydrogens (tertiary/aromatic N) is 2. The molecule has 0 amide bonds. The first-order valence-electron chi connectivity index (χ1n) is 4.61. The van der Waals surface area contributed by atoms with Gasteiger partial charge in [-0.15, -0.1) is 0 Å². The lowest BCUT2D eigenvalue weighted by atomic mass is 9.89. The third kappa shape index (κ3) is 2.84. The summed E-state index contributed by atoms with van der Waals surface area (Å²) >= 11 is 0. The molecule has 0 saturated carbocycles. The maximum Gasteiger partial charge on any atom is 0.276 e. The molecule has 0 N–H and O–H groups in total. The molecule has 78 valence electrons. The molecule has 5 heteroatoms. The molecule has 0 aromatic heterocycles. The van der Waals surface area contributed by atoms with Gasteiger partial charge >= 0.3 is 0 Å². The average Bonchev–Trinajstić information content (AvgIpc) is 2.15. The zero-order valence-corrected chi connectivity index (χ0v) is 9.10. The van der Waals surface area contributed by atoms with E-state index in [4.69, 9.17) is 0 Å². The van der Waals surface area contributed by atoms with Crippen molar-refractivity contribution in [1.29, 1.82) is 0 Å². The highest BCUT2D eigenvalue weighted by molar-refractivity contribution is 6.34. The van der Waals surface area contributed by atoms with Gasteiger partial charge in [0.2, 0.25) is 0 Å². The van der Waals surface area contributed by atoms with Gasteiger partial charge in [-0.3, -0.25) is 10.1 Å². The molecule has 15 heavy (non-hydrogen) atoms. The van der Waals surface area contributed by atoms with Gasteiger partial charge in [-0.1, -0.05) is 17.6 Å². The average molecular weight is 204 g/mol. The molecule has 0 heterocycles. The molecule has 0 radical (unpaired) electrons. The largest absolute Gasteiger partial charge is 0.383 e. The SMILES string of the molecule is Bc1cccc([N+](=O)[O-])c1/C=C/N(C)C. The van der Waals surface area contributed by atoms with Crippen LogP contribution in [0.5, 0.6) is 0 Å². The minimum atomic E-state index is -0.359. The number of rotatable bonds is 3. The predicted molar refractivity (Wildman–Crippen MR) is 64.0 cm³/mol. The number of hydrogen-bond donors (Lipinski definition) is 0. The second kappa shape index (κ2) is 4.64. The van der Waals surface area contributed by atoms with Crippen LogP contribution in [0, 0.1) is 10.1 Å². The monoisotopic (exact) mass is 204 g/mol. The van der Waals surface area contributed by atoms with Gasteiger partial charge in [0, 0.05) is 25.7 Å². The van der Waals surface area contributed by atoms with Crippen molar-refractivity contribution in [2.24, 2.45) is 0 Å². The summed E-state index contributed by atoms with van der Waals surface area (Å²) in [4.78, 5) is 12.3. The Hall–Kier alpha value is -1.78. The highest BCUT2D eigenvalue weighted by atomic mass is 16.6. The van der Waals surface area contributed by atoms with Crippen molar-refractivity contribution in [1.82, 2.24) is 4.90 Å². The molecule has 0 atom stereocenters. The van der Waals surface area contributed by atoms with E-state index in [1.54, 1.807) is 18.3 Å². The summed E-state index contributed by atoms with van der Waals surface area (Å²) in [7, 11) is 5.61. The Morgan fingerprint density at radius 3 is 2.67 bits per heavy atom. The summed E-state index contributed by atoms with van der Waals surface area (Å²) in [6, 6.07) is 5.07. The summed E-state index contributed by atoms with van der Waals surface area (Å²) in [6.07, 6.45) is 3.56. The number of hydrogen-bond acceptors (Lipinski definition) is 3. The van der Waals surface area contributed by atoms with E-state index in [-0.39, 0.29) is 10.6 Å². The minimum absolute atomic E-state index is 0.146. The Balaban J connectivity index is 3.19. The molecule has 0 bridgehead atoms. The second-order valence-corrected chi connectivity index (χ2v) is 3.54. The van der Waals surface area contributed by atoms with Crippen LogP contribution in [-0.2, 0) is 0 Å². The maximum absolute atomic E-state index is 10.8. The van der Waals surface area contributed by atoms with Gasteiger partial charge < -0.3 is 4.90 Å². The fourth-order valence-corrected chi connectivity index (χ4v) is 1.26. The molecule has 0 fully saturated rings. The van der Waals surface area contributed by atoms with Crippen LogP contribution in [0.15, 0.2) is 24.4 Å². The van der Waals surface area contributed by atoms with E-state index >= 15 is 0 Å². The van der Waals surface area contributed by atoms with Gasteiger partial charge in [-0.25, -0.2) is 0 Å². The first-order chi connectivity index (χ1) is 7.02. The Kier molecular flexibility index (Phi) is 3.49. The van der Waals surface area contributed by atoms with Crippen LogP contribution in [0.4, 0.5) is 5.69 Å². The standard InChI is InChI=1S/C10H13BN2O2/c1-12(2)7-6-8-9(11)4-3-5-10(8)13(14)15/h3-7H,11H2,1-2H3/b7-6+. The third-order valence-electron chi connectivity index (χ3n) is 2.04. The summed E-state index contributed by atoms with van der Waals surface area (Å²) < 4.78 is 0. The molecule has 1 aromatic carbocycles. The number of nitro benzene ring substituents is 1. The maximum atomic E-state index is 10.8. The van der Waals surface area contributed by atoms with Crippen LogP contribution in [0.25, 0.3) is 6.08 Å². The van der Waals surface area contributed by atoms with E-state index in [2.05, 4.69) is 0 Å². The molecule has 1 rings (SSSR count). The molecule has 4 nitrogen and oxygen atoms in total. The molecular weight excluding hydrogens is 191 g/mol.